The fourth-order valence-electron chi connectivity index (χ4n) is 3.59. The summed E-state index contributed by atoms with van der Waals surface area (Å²) >= 11 is 0. The number of hydrogen-bond donors (Lipinski definition) is 1. The molecule has 0 aliphatic carbocycles. The van der Waals surface area contributed by atoms with Crippen molar-refractivity contribution in [1.82, 2.24) is 20.0 Å². The van der Waals surface area contributed by atoms with E-state index >= 15 is 0 Å². The number of likely N-dealkylation sites (tertiary alicyclic amines) is 2. The molecular formula is C17H32N4O2. The summed E-state index contributed by atoms with van der Waals surface area (Å²) in [4.78, 5) is 30.0. The van der Waals surface area contributed by atoms with E-state index in [0.29, 0.717) is 13.1 Å². The largest absolute Gasteiger partial charge is 0.355 e. The minimum Gasteiger partial charge on any atom is -0.355 e. The molecule has 1 atom stereocenters. The van der Waals surface area contributed by atoms with Gasteiger partial charge in [-0.1, -0.05) is 6.92 Å². The Hall–Kier alpha value is -1.30. The number of amides is 3. The van der Waals surface area contributed by atoms with Crippen LogP contribution in [-0.2, 0) is 4.79 Å². The van der Waals surface area contributed by atoms with Crippen molar-refractivity contribution in [3.63, 3.8) is 0 Å². The van der Waals surface area contributed by atoms with Crippen molar-refractivity contribution in [3.8, 4) is 0 Å². The number of carbonyl (C=O) groups is 2. The molecule has 6 heteroatoms. The fourth-order valence-corrected chi connectivity index (χ4v) is 3.59. The molecule has 0 saturated carbocycles. The number of nitrogens with zero attached hydrogens (tertiary/aromatic N) is 3. The highest BCUT2D eigenvalue weighted by Crippen LogP contribution is 2.18. The molecule has 0 radical (unpaired) electrons. The average molecular weight is 324 g/mol. The Morgan fingerprint density at radius 3 is 2.43 bits per heavy atom. The molecule has 1 N–H and O–H groups in total. The van der Waals surface area contributed by atoms with Crippen molar-refractivity contribution in [1.29, 1.82) is 0 Å². The molecular weight excluding hydrogens is 292 g/mol. The van der Waals surface area contributed by atoms with E-state index in [1.165, 1.54) is 12.8 Å². The lowest BCUT2D eigenvalue weighted by Gasteiger charge is -2.33. The molecule has 0 aromatic heterocycles. The summed E-state index contributed by atoms with van der Waals surface area (Å²) in [5.41, 5.74) is 0. The highest BCUT2D eigenvalue weighted by molar-refractivity contribution is 5.79. The van der Waals surface area contributed by atoms with Crippen molar-refractivity contribution in [3.05, 3.63) is 0 Å². The Labute approximate surface area is 140 Å². The van der Waals surface area contributed by atoms with Gasteiger partial charge in [0.25, 0.3) is 0 Å². The van der Waals surface area contributed by atoms with Gasteiger partial charge in [0.1, 0.15) is 0 Å². The zero-order valence-corrected chi connectivity index (χ0v) is 14.9. The normalized spacial score (nSPS) is 23.6. The van der Waals surface area contributed by atoms with Crippen LogP contribution in [0, 0.1) is 11.8 Å². The highest BCUT2D eigenvalue weighted by Gasteiger charge is 2.27. The minimum absolute atomic E-state index is 0.0445. The van der Waals surface area contributed by atoms with Crippen LogP contribution < -0.4 is 5.32 Å². The zero-order chi connectivity index (χ0) is 16.8. The smallest absolute Gasteiger partial charge is 0.319 e. The molecule has 2 saturated heterocycles. The van der Waals surface area contributed by atoms with Crippen molar-refractivity contribution in [2.45, 2.75) is 32.6 Å². The third-order valence-electron chi connectivity index (χ3n) is 4.99. The van der Waals surface area contributed by atoms with Gasteiger partial charge in [-0.3, -0.25) is 4.79 Å². The number of nitrogens with one attached hydrogen (secondary N) is 1. The SMILES string of the molecule is CC1CCCN(CCNC(=O)C2CCN(C(=O)N(C)C)CC2)C1. The lowest BCUT2D eigenvalue weighted by molar-refractivity contribution is -0.126. The number of piperidine rings is 2. The number of hydrogen-bond acceptors (Lipinski definition) is 3. The maximum absolute atomic E-state index is 12.3. The Bertz CT molecular complexity index is 405. The van der Waals surface area contributed by atoms with E-state index in [0.717, 1.165) is 44.9 Å². The van der Waals surface area contributed by atoms with Gasteiger partial charge in [-0.15, -0.1) is 0 Å². The van der Waals surface area contributed by atoms with Gasteiger partial charge in [0.05, 0.1) is 0 Å². The van der Waals surface area contributed by atoms with Gasteiger partial charge in [0.2, 0.25) is 5.91 Å². The zero-order valence-electron chi connectivity index (χ0n) is 14.9. The minimum atomic E-state index is 0.0445. The predicted molar refractivity (Wildman–Crippen MR) is 91.2 cm³/mol. The molecule has 2 heterocycles. The van der Waals surface area contributed by atoms with E-state index in [9.17, 15) is 9.59 Å². The third-order valence-corrected chi connectivity index (χ3v) is 4.99. The van der Waals surface area contributed by atoms with Crippen LogP contribution in [0.4, 0.5) is 4.79 Å². The Morgan fingerprint density at radius 1 is 1.13 bits per heavy atom. The number of urea groups is 1. The van der Waals surface area contributed by atoms with Crippen molar-refractivity contribution < 1.29 is 9.59 Å². The standard InChI is InChI=1S/C17H32N4O2/c1-14-5-4-9-20(13-14)12-8-18-16(22)15-6-10-21(11-7-15)17(23)19(2)3/h14-15H,4-13H2,1-3H3,(H,18,22). The molecule has 2 rings (SSSR count). The second-order valence-electron chi connectivity index (χ2n) is 7.28. The monoisotopic (exact) mass is 324 g/mol. The summed E-state index contributed by atoms with van der Waals surface area (Å²) in [5, 5.41) is 3.09. The molecule has 3 amide bonds. The van der Waals surface area contributed by atoms with Gasteiger partial charge >= 0.3 is 6.03 Å². The van der Waals surface area contributed by atoms with Crippen LogP contribution in [0.15, 0.2) is 0 Å². The van der Waals surface area contributed by atoms with Crippen LogP contribution in [0.3, 0.4) is 0 Å². The lowest BCUT2D eigenvalue weighted by Crippen LogP contribution is -2.47. The Balaban J connectivity index is 1.64. The van der Waals surface area contributed by atoms with Gasteiger partial charge in [0.15, 0.2) is 0 Å². The molecule has 2 fully saturated rings. The molecule has 132 valence electrons. The van der Waals surface area contributed by atoms with Crippen LogP contribution >= 0.6 is 0 Å². The van der Waals surface area contributed by atoms with Crippen molar-refractivity contribution >= 4 is 11.9 Å². The maximum Gasteiger partial charge on any atom is 0.319 e. The number of rotatable bonds is 4. The van der Waals surface area contributed by atoms with E-state index in [1.807, 2.05) is 4.90 Å². The molecule has 0 bridgehead atoms. The molecule has 1 unspecified atom stereocenters. The molecule has 0 spiro atoms. The first-order valence-corrected chi connectivity index (χ1v) is 8.93. The quantitative estimate of drug-likeness (QED) is 0.846. The van der Waals surface area contributed by atoms with Gasteiger partial charge < -0.3 is 20.0 Å². The van der Waals surface area contributed by atoms with Gasteiger partial charge in [-0.05, 0) is 38.1 Å². The summed E-state index contributed by atoms with van der Waals surface area (Å²) in [6.07, 6.45) is 4.14. The van der Waals surface area contributed by atoms with E-state index in [1.54, 1.807) is 19.0 Å². The van der Waals surface area contributed by atoms with E-state index in [4.69, 9.17) is 0 Å². The Kier molecular flexibility index (Phi) is 6.69. The summed E-state index contributed by atoms with van der Waals surface area (Å²) in [6, 6.07) is 0.0445. The first-order chi connectivity index (χ1) is 11.0. The van der Waals surface area contributed by atoms with Crippen molar-refractivity contribution in [2.75, 3.05) is 53.4 Å². The predicted octanol–water partition coefficient (Wildman–Crippen LogP) is 1.23. The van der Waals surface area contributed by atoms with Crippen LogP contribution in [0.25, 0.3) is 0 Å². The number of carbonyl (C=O) groups excluding carboxylic acids is 2. The maximum atomic E-state index is 12.3. The second kappa shape index (κ2) is 8.52. The fraction of sp³-hybridized carbons (Fsp3) is 0.882. The molecule has 2 aliphatic rings. The summed E-state index contributed by atoms with van der Waals surface area (Å²) < 4.78 is 0. The molecule has 0 aromatic rings. The van der Waals surface area contributed by atoms with Crippen LogP contribution in [0.5, 0.6) is 0 Å². The van der Waals surface area contributed by atoms with Crippen LogP contribution in [-0.4, -0.2) is 80.0 Å². The highest BCUT2D eigenvalue weighted by atomic mass is 16.2. The second-order valence-corrected chi connectivity index (χ2v) is 7.28. The molecule has 6 nitrogen and oxygen atoms in total. The molecule has 2 aliphatic heterocycles. The van der Waals surface area contributed by atoms with Crippen molar-refractivity contribution in [2.24, 2.45) is 11.8 Å². The summed E-state index contributed by atoms with van der Waals surface area (Å²) in [5.74, 6) is 0.992. The third kappa shape index (κ3) is 5.37. The summed E-state index contributed by atoms with van der Waals surface area (Å²) in [7, 11) is 3.53. The average Bonchev–Trinajstić information content (AvgIpc) is 2.54. The lowest BCUT2D eigenvalue weighted by atomic mass is 9.96. The molecule has 0 aromatic carbocycles. The summed E-state index contributed by atoms with van der Waals surface area (Å²) in [6.45, 7) is 7.66. The topological polar surface area (TPSA) is 55.9 Å². The van der Waals surface area contributed by atoms with Crippen LogP contribution in [0.2, 0.25) is 0 Å². The van der Waals surface area contributed by atoms with E-state index in [-0.39, 0.29) is 17.9 Å². The first-order valence-electron chi connectivity index (χ1n) is 8.93. The van der Waals surface area contributed by atoms with E-state index < -0.39 is 0 Å². The first kappa shape index (κ1) is 18.0. The van der Waals surface area contributed by atoms with Gasteiger partial charge in [-0.2, -0.15) is 0 Å². The van der Waals surface area contributed by atoms with Crippen LogP contribution in [0.1, 0.15) is 32.6 Å². The van der Waals surface area contributed by atoms with Gasteiger partial charge in [-0.25, -0.2) is 4.79 Å². The van der Waals surface area contributed by atoms with E-state index in [2.05, 4.69) is 17.1 Å². The van der Waals surface area contributed by atoms with Gasteiger partial charge in [0, 0.05) is 52.7 Å². The Morgan fingerprint density at radius 2 is 1.83 bits per heavy atom. The molecule has 23 heavy (non-hydrogen) atoms.